The monoisotopic (exact) mass is 557 g/mol. The zero-order chi connectivity index (χ0) is 28.5. The first-order valence-electron chi connectivity index (χ1n) is 13.7. The van der Waals surface area contributed by atoms with Gasteiger partial charge < -0.3 is 20.4 Å². The predicted octanol–water partition coefficient (Wildman–Crippen LogP) is 4.25. The van der Waals surface area contributed by atoms with E-state index in [0.717, 1.165) is 49.0 Å². The van der Waals surface area contributed by atoms with E-state index in [-0.39, 0.29) is 29.9 Å². The van der Waals surface area contributed by atoms with E-state index < -0.39 is 0 Å². The fourth-order valence-corrected chi connectivity index (χ4v) is 5.85. The number of carbonyl (C=O) groups is 3. The van der Waals surface area contributed by atoms with E-state index in [9.17, 15) is 14.4 Å². The lowest BCUT2D eigenvalue weighted by molar-refractivity contribution is 0.0565. The van der Waals surface area contributed by atoms with Crippen molar-refractivity contribution in [2.24, 2.45) is 0 Å². The normalized spacial score (nSPS) is 15.2. The Balaban J connectivity index is 1.50. The molecule has 1 aromatic carbocycles. The molecule has 2 aromatic rings. The third-order valence-electron chi connectivity index (χ3n) is 7.24. The van der Waals surface area contributed by atoms with E-state index in [1.807, 2.05) is 44.0 Å². The minimum atomic E-state index is -0.211. The van der Waals surface area contributed by atoms with Crippen molar-refractivity contribution in [3.8, 4) is 0 Å². The van der Waals surface area contributed by atoms with Gasteiger partial charge in [0.25, 0.3) is 11.8 Å². The summed E-state index contributed by atoms with van der Waals surface area (Å²) in [6, 6.07) is 5.88. The lowest BCUT2D eigenvalue weighted by Gasteiger charge is -2.40. The summed E-state index contributed by atoms with van der Waals surface area (Å²) in [5.41, 5.74) is 6.39. The van der Waals surface area contributed by atoms with E-state index in [1.165, 1.54) is 7.11 Å². The smallest absolute Gasteiger partial charge is 0.341 e. The first kappa shape index (κ1) is 30.6. The molecule has 1 saturated heterocycles. The van der Waals surface area contributed by atoms with Gasteiger partial charge in [-0.25, -0.2) is 10.3 Å². The summed E-state index contributed by atoms with van der Waals surface area (Å²) in [6.07, 6.45) is 2.59. The van der Waals surface area contributed by atoms with Crippen LogP contribution >= 0.6 is 11.3 Å². The van der Waals surface area contributed by atoms with Gasteiger partial charge >= 0.3 is 6.03 Å². The molecule has 1 atom stereocenters. The van der Waals surface area contributed by atoms with Crippen LogP contribution in [0.5, 0.6) is 0 Å². The standard InChI is InChI=1S/C29H43N5O4S/c1-19(2)31-27(35)24-15-20(3)26(21(4)16-24)28(36)30-11-7-22(5)33-12-8-25(9-13-33)34(29(37)32-38-6)17-23-10-14-39-18-23/h10,14-16,18-19,22,25H,7-9,11-13,17H2,1-6H3,(H,30,36)(H,31,35)(H,32,37)/t22-/m1/s1. The Bertz CT molecular complexity index is 1090. The highest BCUT2D eigenvalue weighted by molar-refractivity contribution is 7.07. The highest BCUT2D eigenvalue weighted by Gasteiger charge is 2.30. The molecule has 0 unspecified atom stereocenters. The molecule has 39 heavy (non-hydrogen) atoms. The topological polar surface area (TPSA) is 103 Å². The number of amides is 4. The van der Waals surface area contributed by atoms with E-state index >= 15 is 0 Å². The second-order valence-electron chi connectivity index (χ2n) is 10.6. The fraction of sp³-hybridized carbons (Fsp3) is 0.552. The molecule has 3 N–H and O–H groups in total. The van der Waals surface area contributed by atoms with Gasteiger partial charge in [0, 0.05) is 55.4 Å². The van der Waals surface area contributed by atoms with Crippen molar-refractivity contribution in [1.29, 1.82) is 0 Å². The Morgan fingerprint density at radius 2 is 1.77 bits per heavy atom. The lowest BCUT2D eigenvalue weighted by atomic mass is 9.98. The van der Waals surface area contributed by atoms with Crippen LogP contribution < -0.4 is 16.1 Å². The minimum Gasteiger partial charge on any atom is -0.352 e. The molecule has 1 fully saturated rings. The van der Waals surface area contributed by atoms with Crippen molar-refractivity contribution < 1.29 is 19.2 Å². The van der Waals surface area contributed by atoms with Crippen molar-refractivity contribution in [3.05, 3.63) is 56.8 Å². The van der Waals surface area contributed by atoms with Crippen LogP contribution in [0, 0.1) is 13.8 Å². The number of piperidine rings is 1. The Morgan fingerprint density at radius 1 is 1.10 bits per heavy atom. The number of likely N-dealkylation sites (tertiary alicyclic amines) is 1. The van der Waals surface area contributed by atoms with E-state index in [4.69, 9.17) is 4.84 Å². The maximum absolute atomic E-state index is 13.0. The third-order valence-corrected chi connectivity index (χ3v) is 7.97. The summed E-state index contributed by atoms with van der Waals surface area (Å²) in [4.78, 5) is 47.2. The molecule has 2 heterocycles. The van der Waals surface area contributed by atoms with Crippen LogP contribution in [-0.4, -0.2) is 72.5 Å². The molecule has 10 heteroatoms. The molecule has 0 radical (unpaired) electrons. The van der Waals surface area contributed by atoms with Gasteiger partial charge in [-0.3, -0.25) is 14.4 Å². The number of benzene rings is 1. The Morgan fingerprint density at radius 3 is 2.33 bits per heavy atom. The van der Waals surface area contributed by atoms with Gasteiger partial charge in [-0.05, 0) is 99.5 Å². The van der Waals surface area contributed by atoms with Crippen molar-refractivity contribution in [1.82, 2.24) is 25.9 Å². The van der Waals surface area contributed by atoms with Crippen LogP contribution in [0.4, 0.5) is 4.79 Å². The van der Waals surface area contributed by atoms with Gasteiger partial charge in [0.15, 0.2) is 0 Å². The Kier molecular flexibility index (Phi) is 11.3. The average molecular weight is 558 g/mol. The van der Waals surface area contributed by atoms with E-state index in [1.54, 1.807) is 23.5 Å². The predicted molar refractivity (Wildman–Crippen MR) is 155 cm³/mol. The lowest BCUT2D eigenvalue weighted by Crippen LogP contribution is -2.51. The number of hydroxylamine groups is 1. The first-order chi connectivity index (χ1) is 18.6. The van der Waals surface area contributed by atoms with E-state index in [0.29, 0.717) is 30.3 Å². The van der Waals surface area contributed by atoms with Crippen molar-refractivity contribution >= 4 is 29.2 Å². The highest BCUT2D eigenvalue weighted by Crippen LogP contribution is 2.22. The van der Waals surface area contributed by atoms with Crippen molar-refractivity contribution in [3.63, 3.8) is 0 Å². The molecule has 0 spiro atoms. The number of hydrogen-bond acceptors (Lipinski definition) is 6. The zero-order valence-electron chi connectivity index (χ0n) is 24.0. The number of urea groups is 1. The van der Waals surface area contributed by atoms with Gasteiger partial charge in [0.05, 0.1) is 7.11 Å². The average Bonchev–Trinajstić information content (AvgIpc) is 3.40. The van der Waals surface area contributed by atoms with E-state index in [2.05, 4.69) is 33.3 Å². The number of carbonyl (C=O) groups excluding carboxylic acids is 3. The number of nitrogens with zero attached hydrogens (tertiary/aromatic N) is 2. The highest BCUT2D eigenvalue weighted by atomic mass is 32.1. The summed E-state index contributed by atoms with van der Waals surface area (Å²) in [7, 11) is 1.45. The van der Waals surface area contributed by atoms with Crippen LogP contribution in [0.3, 0.4) is 0 Å². The molecule has 0 bridgehead atoms. The van der Waals surface area contributed by atoms with Crippen molar-refractivity contribution in [2.45, 2.75) is 78.6 Å². The van der Waals surface area contributed by atoms with Gasteiger partial charge in [-0.1, -0.05) is 0 Å². The largest absolute Gasteiger partial charge is 0.352 e. The molecular weight excluding hydrogens is 514 g/mol. The molecule has 3 rings (SSSR count). The summed E-state index contributed by atoms with van der Waals surface area (Å²) >= 11 is 1.63. The molecule has 1 aliphatic rings. The quantitative estimate of drug-likeness (QED) is 0.359. The van der Waals surface area contributed by atoms with Crippen LogP contribution in [-0.2, 0) is 11.4 Å². The van der Waals surface area contributed by atoms with Gasteiger partial charge in [-0.2, -0.15) is 11.3 Å². The Labute approximate surface area is 236 Å². The summed E-state index contributed by atoms with van der Waals surface area (Å²) in [5, 5.41) is 10.1. The van der Waals surface area contributed by atoms with Gasteiger partial charge in [0.1, 0.15) is 0 Å². The maximum Gasteiger partial charge on any atom is 0.341 e. The molecule has 214 valence electrons. The molecule has 0 aliphatic carbocycles. The SMILES string of the molecule is CONC(=O)N(Cc1ccsc1)C1CCN([C@H](C)CCNC(=O)c2c(C)cc(C(=O)NC(C)C)cc2C)CC1. The van der Waals surface area contributed by atoms with Crippen molar-refractivity contribution in [2.75, 3.05) is 26.7 Å². The number of thiophene rings is 1. The third kappa shape index (κ3) is 8.52. The number of rotatable bonds is 11. The second kappa shape index (κ2) is 14.4. The first-order valence-corrected chi connectivity index (χ1v) is 14.6. The number of hydrogen-bond donors (Lipinski definition) is 3. The summed E-state index contributed by atoms with van der Waals surface area (Å²) in [6.45, 7) is 12.7. The van der Waals surface area contributed by atoms with Crippen LogP contribution in [0.1, 0.15) is 77.4 Å². The molecule has 1 aliphatic heterocycles. The molecule has 1 aromatic heterocycles. The second-order valence-corrected chi connectivity index (χ2v) is 11.4. The van der Waals surface area contributed by atoms with Crippen LogP contribution in [0.2, 0.25) is 0 Å². The molecular formula is C29H43N5O4S. The van der Waals surface area contributed by atoms with Crippen LogP contribution in [0.15, 0.2) is 29.0 Å². The molecule has 4 amide bonds. The molecule has 0 saturated carbocycles. The fourth-order valence-electron chi connectivity index (χ4n) is 5.19. The van der Waals surface area contributed by atoms with Gasteiger partial charge in [0.2, 0.25) is 0 Å². The minimum absolute atomic E-state index is 0.0501. The molecule has 9 nitrogen and oxygen atoms in total. The van der Waals surface area contributed by atoms with Gasteiger partial charge in [-0.15, -0.1) is 0 Å². The number of aryl methyl sites for hydroxylation is 2. The summed E-state index contributed by atoms with van der Waals surface area (Å²) < 4.78 is 0. The zero-order valence-corrected chi connectivity index (χ0v) is 24.8. The summed E-state index contributed by atoms with van der Waals surface area (Å²) in [5.74, 6) is -0.241. The number of nitrogens with one attached hydrogen (secondary N) is 3. The Hall–Kier alpha value is -2.95. The van der Waals surface area contributed by atoms with Crippen LogP contribution in [0.25, 0.3) is 0 Å². The maximum atomic E-state index is 13.0.